The van der Waals surface area contributed by atoms with E-state index >= 15 is 0 Å². The van der Waals surface area contributed by atoms with Gasteiger partial charge in [0.25, 0.3) is 0 Å². The molecule has 0 bridgehead atoms. The van der Waals surface area contributed by atoms with Crippen molar-refractivity contribution in [2.75, 3.05) is 12.4 Å². The normalized spacial score (nSPS) is 10.3. The van der Waals surface area contributed by atoms with Crippen molar-refractivity contribution in [2.45, 2.75) is 6.54 Å². The molecule has 0 aliphatic heterocycles. The second kappa shape index (κ2) is 6.26. The Hall–Kier alpha value is -1.26. The molecule has 0 unspecified atom stereocenters. The zero-order valence-corrected chi connectivity index (χ0v) is 12.6. The topological polar surface area (TPSA) is 21.3 Å². The lowest BCUT2D eigenvalue weighted by Gasteiger charge is -2.12. The molecule has 2 rings (SSSR count). The molecular weight excluding hydrogens is 333 g/mol. The van der Waals surface area contributed by atoms with Crippen molar-refractivity contribution in [1.82, 2.24) is 0 Å². The first-order chi connectivity index (χ1) is 9.10. The van der Waals surface area contributed by atoms with Crippen LogP contribution < -0.4 is 10.1 Å². The number of hydrogen-bond donors (Lipinski definition) is 1. The van der Waals surface area contributed by atoms with Crippen molar-refractivity contribution in [1.29, 1.82) is 0 Å². The van der Waals surface area contributed by atoms with E-state index in [2.05, 4.69) is 21.2 Å². The molecule has 5 heteroatoms. The van der Waals surface area contributed by atoms with Crippen molar-refractivity contribution in [2.24, 2.45) is 0 Å². The van der Waals surface area contributed by atoms with Gasteiger partial charge in [0.1, 0.15) is 11.6 Å². The Morgan fingerprint density at radius 2 is 2.05 bits per heavy atom. The fourth-order valence-corrected chi connectivity index (χ4v) is 2.29. The van der Waals surface area contributed by atoms with Gasteiger partial charge in [0.2, 0.25) is 0 Å². The van der Waals surface area contributed by atoms with Gasteiger partial charge in [0, 0.05) is 21.6 Å². The van der Waals surface area contributed by atoms with Crippen molar-refractivity contribution < 1.29 is 9.13 Å². The average molecular weight is 345 g/mol. The number of benzene rings is 2. The number of hydrogen-bond acceptors (Lipinski definition) is 2. The van der Waals surface area contributed by atoms with Gasteiger partial charge < -0.3 is 10.1 Å². The molecule has 0 saturated carbocycles. The Bertz CT molecular complexity index is 592. The summed E-state index contributed by atoms with van der Waals surface area (Å²) in [6, 6.07) is 10.1. The number of anilines is 1. The first-order valence-electron chi connectivity index (χ1n) is 5.61. The largest absolute Gasteiger partial charge is 0.496 e. The fourth-order valence-electron chi connectivity index (χ4n) is 1.71. The van der Waals surface area contributed by atoms with Crippen LogP contribution in [-0.2, 0) is 6.54 Å². The van der Waals surface area contributed by atoms with Gasteiger partial charge in [-0.3, -0.25) is 0 Å². The maximum Gasteiger partial charge on any atom is 0.146 e. The summed E-state index contributed by atoms with van der Waals surface area (Å²) in [5, 5.41) is 3.50. The van der Waals surface area contributed by atoms with E-state index in [0.717, 1.165) is 15.8 Å². The van der Waals surface area contributed by atoms with Crippen LogP contribution in [0.5, 0.6) is 5.75 Å². The molecule has 0 aromatic heterocycles. The Morgan fingerprint density at radius 3 is 2.79 bits per heavy atom. The maximum absolute atomic E-state index is 13.6. The van der Waals surface area contributed by atoms with Gasteiger partial charge in [-0.25, -0.2) is 4.39 Å². The number of nitrogens with one attached hydrogen (secondary N) is 1. The molecule has 0 atom stereocenters. The van der Waals surface area contributed by atoms with Crippen LogP contribution in [0.1, 0.15) is 5.56 Å². The molecule has 1 N–H and O–H groups in total. The van der Waals surface area contributed by atoms with Crippen LogP contribution in [0, 0.1) is 5.82 Å². The third kappa shape index (κ3) is 3.61. The highest BCUT2D eigenvalue weighted by molar-refractivity contribution is 9.10. The van der Waals surface area contributed by atoms with Gasteiger partial charge in [-0.05, 0) is 36.4 Å². The number of halogens is 3. The fraction of sp³-hybridized carbons (Fsp3) is 0.143. The van der Waals surface area contributed by atoms with Crippen molar-refractivity contribution in [3.63, 3.8) is 0 Å². The van der Waals surface area contributed by atoms with Crippen molar-refractivity contribution in [3.05, 3.63) is 57.3 Å². The molecule has 2 aromatic carbocycles. The quantitative estimate of drug-likeness (QED) is 0.855. The van der Waals surface area contributed by atoms with Gasteiger partial charge in [0.05, 0.1) is 12.8 Å². The molecule has 0 heterocycles. The van der Waals surface area contributed by atoms with E-state index in [1.807, 2.05) is 18.2 Å². The van der Waals surface area contributed by atoms with Gasteiger partial charge in [-0.1, -0.05) is 27.5 Å². The monoisotopic (exact) mass is 343 g/mol. The van der Waals surface area contributed by atoms with Crippen LogP contribution in [0.25, 0.3) is 0 Å². The lowest BCUT2D eigenvalue weighted by Crippen LogP contribution is -2.03. The highest BCUT2D eigenvalue weighted by Crippen LogP contribution is 2.25. The second-order valence-electron chi connectivity index (χ2n) is 3.93. The third-order valence-electron chi connectivity index (χ3n) is 2.64. The Morgan fingerprint density at radius 1 is 1.26 bits per heavy atom. The molecule has 0 radical (unpaired) electrons. The van der Waals surface area contributed by atoms with E-state index in [0.29, 0.717) is 17.3 Å². The Balaban J connectivity index is 2.18. The molecule has 0 spiro atoms. The SMILES string of the molecule is COc1ccc(Br)cc1CNc1cc(Cl)ccc1F. The molecular formula is C14H12BrClFNO. The van der Waals surface area contributed by atoms with Crippen molar-refractivity contribution in [3.8, 4) is 5.75 Å². The predicted molar refractivity (Wildman–Crippen MR) is 79.4 cm³/mol. The van der Waals surface area contributed by atoms with Gasteiger partial charge in [-0.2, -0.15) is 0 Å². The Labute approximate surface area is 124 Å². The van der Waals surface area contributed by atoms with E-state index in [4.69, 9.17) is 16.3 Å². The molecule has 2 aromatic rings. The minimum absolute atomic E-state index is 0.335. The van der Waals surface area contributed by atoms with Crippen LogP contribution in [0.4, 0.5) is 10.1 Å². The first-order valence-corrected chi connectivity index (χ1v) is 6.78. The zero-order valence-electron chi connectivity index (χ0n) is 10.2. The Kier molecular flexibility index (Phi) is 4.66. The minimum atomic E-state index is -0.335. The van der Waals surface area contributed by atoms with E-state index in [1.54, 1.807) is 13.2 Å². The highest BCUT2D eigenvalue weighted by Gasteiger charge is 2.06. The molecule has 0 fully saturated rings. The molecule has 0 saturated heterocycles. The van der Waals surface area contributed by atoms with Crippen LogP contribution in [0.2, 0.25) is 5.02 Å². The molecule has 100 valence electrons. The summed E-state index contributed by atoms with van der Waals surface area (Å²) in [7, 11) is 1.60. The summed E-state index contributed by atoms with van der Waals surface area (Å²) in [6.07, 6.45) is 0. The van der Waals surface area contributed by atoms with Gasteiger partial charge in [-0.15, -0.1) is 0 Å². The molecule has 19 heavy (non-hydrogen) atoms. The highest BCUT2D eigenvalue weighted by atomic mass is 79.9. The van der Waals surface area contributed by atoms with E-state index in [-0.39, 0.29) is 5.82 Å². The third-order valence-corrected chi connectivity index (χ3v) is 3.37. The van der Waals surface area contributed by atoms with Gasteiger partial charge >= 0.3 is 0 Å². The predicted octanol–water partition coefficient (Wildman–Crippen LogP) is 4.86. The summed E-state index contributed by atoms with van der Waals surface area (Å²) in [6.45, 7) is 0.444. The number of methoxy groups -OCH3 is 1. The van der Waals surface area contributed by atoms with E-state index in [9.17, 15) is 4.39 Å². The lowest BCUT2D eigenvalue weighted by atomic mass is 10.2. The molecule has 0 aliphatic carbocycles. The van der Waals surface area contributed by atoms with Crippen LogP contribution in [0.3, 0.4) is 0 Å². The standard InChI is InChI=1S/C14H12BrClFNO/c1-19-14-5-2-10(15)6-9(14)8-18-13-7-11(16)3-4-12(13)17/h2-7,18H,8H2,1H3. The summed E-state index contributed by atoms with van der Waals surface area (Å²) in [5.41, 5.74) is 1.30. The van der Waals surface area contributed by atoms with E-state index in [1.165, 1.54) is 12.1 Å². The second-order valence-corrected chi connectivity index (χ2v) is 5.29. The molecule has 2 nitrogen and oxygen atoms in total. The summed E-state index contributed by atoms with van der Waals surface area (Å²) < 4.78 is 19.8. The van der Waals surface area contributed by atoms with Crippen LogP contribution >= 0.6 is 27.5 Å². The summed E-state index contributed by atoms with van der Waals surface area (Å²) in [5.74, 6) is 0.413. The number of rotatable bonds is 4. The number of ether oxygens (including phenoxy) is 1. The minimum Gasteiger partial charge on any atom is -0.496 e. The van der Waals surface area contributed by atoms with Crippen LogP contribution in [0.15, 0.2) is 40.9 Å². The zero-order chi connectivity index (χ0) is 13.8. The molecule has 0 aliphatic rings. The maximum atomic E-state index is 13.6. The molecule has 0 amide bonds. The smallest absolute Gasteiger partial charge is 0.146 e. The van der Waals surface area contributed by atoms with Gasteiger partial charge in [0.15, 0.2) is 0 Å². The average Bonchev–Trinajstić information content (AvgIpc) is 2.40. The van der Waals surface area contributed by atoms with E-state index < -0.39 is 0 Å². The van der Waals surface area contributed by atoms with Crippen LogP contribution in [-0.4, -0.2) is 7.11 Å². The lowest BCUT2D eigenvalue weighted by molar-refractivity contribution is 0.410. The first kappa shape index (κ1) is 14.2. The van der Waals surface area contributed by atoms with Crippen molar-refractivity contribution >= 4 is 33.2 Å². The summed E-state index contributed by atoms with van der Waals surface area (Å²) >= 11 is 9.24. The summed E-state index contributed by atoms with van der Waals surface area (Å²) in [4.78, 5) is 0.